The molecule has 0 saturated heterocycles. The highest BCUT2D eigenvalue weighted by Crippen LogP contribution is 2.11. The monoisotopic (exact) mass is 295 g/mol. The van der Waals surface area contributed by atoms with Gasteiger partial charge in [-0.15, -0.1) is 0 Å². The minimum absolute atomic E-state index is 0.0158. The first-order valence-electron chi connectivity index (χ1n) is 7.56. The number of aromatic nitrogens is 2. The van der Waals surface area contributed by atoms with E-state index in [4.69, 9.17) is 0 Å². The van der Waals surface area contributed by atoms with Crippen LogP contribution in [0.4, 0.5) is 0 Å². The van der Waals surface area contributed by atoms with E-state index in [9.17, 15) is 4.79 Å². The molecule has 6 heteroatoms. The molecule has 0 radical (unpaired) electrons. The molecule has 0 spiro atoms. The molecule has 1 rings (SSSR count). The summed E-state index contributed by atoms with van der Waals surface area (Å²) in [5.74, 6) is -0.0158. The highest BCUT2D eigenvalue weighted by molar-refractivity contribution is 5.82. The average molecular weight is 295 g/mol. The molecule has 0 aliphatic rings. The summed E-state index contributed by atoms with van der Waals surface area (Å²) in [4.78, 5) is 14.6. The lowest BCUT2D eigenvalue weighted by atomic mass is 10.1. The van der Waals surface area contributed by atoms with E-state index < -0.39 is 0 Å². The van der Waals surface area contributed by atoms with E-state index in [1.165, 1.54) is 0 Å². The Kier molecular flexibility index (Phi) is 6.84. The van der Waals surface area contributed by atoms with Gasteiger partial charge in [-0.25, -0.2) is 0 Å². The van der Waals surface area contributed by atoms with Crippen molar-refractivity contribution in [2.45, 2.75) is 45.8 Å². The number of amides is 1. The number of hydrogen-bond donors (Lipinski definition) is 2. The van der Waals surface area contributed by atoms with Gasteiger partial charge in [-0.3, -0.25) is 14.4 Å². The second-order valence-corrected chi connectivity index (χ2v) is 5.89. The Morgan fingerprint density at radius 1 is 1.33 bits per heavy atom. The van der Waals surface area contributed by atoms with E-state index in [-0.39, 0.29) is 11.9 Å². The molecule has 0 aliphatic carbocycles. The lowest BCUT2D eigenvalue weighted by molar-refractivity contribution is -0.123. The van der Waals surface area contributed by atoms with E-state index in [1.807, 2.05) is 13.2 Å². The molecule has 1 atom stereocenters. The molecule has 1 unspecified atom stereocenters. The molecule has 120 valence electrons. The van der Waals surface area contributed by atoms with Crippen molar-refractivity contribution in [2.75, 3.05) is 20.1 Å². The van der Waals surface area contributed by atoms with Gasteiger partial charge in [0.25, 0.3) is 0 Å². The second-order valence-electron chi connectivity index (χ2n) is 5.89. The third kappa shape index (κ3) is 5.13. The minimum atomic E-state index is -0.356. The number of carbonyl (C=O) groups excluding carboxylic acids is 1. The van der Waals surface area contributed by atoms with Gasteiger partial charge in [-0.1, -0.05) is 0 Å². The van der Waals surface area contributed by atoms with Gasteiger partial charge >= 0.3 is 0 Å². The minimum Gasteiger partial charge on any atom is -0.353 e. The van der Waals surface area contributed by atoms with Crippen molar-refractivity contribution < 1.29 is 4.79 Å². The molecule has 0 aliphatic heterocycles. The summed E-state index contributed by atoms with van der Waals surface area (Å²) < 4.78 is 1.70. The fraction of sp³-hybridized carbons (Fsp3) is 0.733. The number of nitrogens with zero attached hydrogens (tertiary/aromatic N) is 3. The van der Waals surface area contributed by atoms with E-state index in [2.05, 4.69) is 48.3 Å². The van der Waals surface area contributed by atoms with Crippen LogP contribution in [0.1, 0.15) is 39.3 Å². The first-order chi connectivity index (χ1) is 9.86. The molecule has 1 aromatic heterocycles. The molecular weight excluding hydrogens is 266 g/mol. The molecule has 0 fully saturated rings. The fourth-order valence-electron chi connectivity index (χ4n) is 2.56. The molecule has 1 heterocycles. The van der Waals surface area contributed by atoms with Crippen molar-refractivity contribution in [3.05, 3.63) is 18.0 Å². The lowest BCUT2D eigenvalue weighted by Crippen LogP contribution is -2.44. The van der Waals surface area contributed by atoms with Crippen LogP contribution in [0.5, 0.6) is 0 Å². The number of carbonyl (C=O) groups is 1. The quantitative estimate of drug-likeness (QED) is 0.748. The van der Waals surface area contributed by atoms with Crippen molar-refractivity contribution in [3.8, 4) is 0 Å². The summed E-state index contributed by atoms with van der Waals surface area (Å²) in [5, 5.41) is 10.1. The SMILES string of the molecule is CNC(C(=O)NCCN(C(C)C)C(C)C)c1cnn(C)c1. The highest BCUT2D eigenvalue weighted by Gasteiger charge is 2.20. The second kappa shape index (κ2) is 8.14. The van der Waals surface area contributed by atoms with Gasteiger partial charge in [0.2, 0.25) is 5.91 Å². The van der Waals surface area contributed by atoms with E-state index in [0.29, 0.717) is 18.6 Å². The Balaban J connectivity index is 2.52. The van der Waals surface area contributed by atoms with Crippen LogP contribution in [0.15, 0.2) is 12.4 Å². The number of hydrogen-bond acceptors (Lipinski definition) is 4. The Bertz CT molecular complexity index is 433. The maximum atomic E-state index is 12.3. The highest BCUT2D eigenvalue weighted by atomic mass is 16.2. The van der Waals surface area contributed by atoms with Gasteiger partial charge in [0, 0.05) is 44.0 Å². The zero-order valence-electron chi connectivity index (χ0n) is 14.1. The summed E-state index contributed by atoms with van der Waals surface area (Å²) in [7, 11) is 3.63. The average Bonchev–Trinajstić information content (AvgIpc) is 2.81. The summed E-state index contributed by atoms with van der Waals surface area (Å²) in [6.07, 6.45) is 3.57. The van der Waals surface area contributed by atoms with Gasteiger partial charge < -0.3 is 10.6 Å². The predicted molar refractivity (Wildman–Crippen MR) is 85.0 cm³/mol. The van der Waals surface area contributed by atoms with Crippen LogP contribution in [-0.2, 0) is 11.8 Å². The third-order valence-electron chi connectivity index (χ3n) is 3.60. The number of likely N-dealkylation sites (N-methyl/N-ethyl adjacent to an activating group) is 1. The Morgan fingerprint density at radius 3 is 2.38 bits per heavy atom. The maximum absolute atomic E-state index is 12.3. The number of nitrogens with one attached hydrogen (secondary N) is 2. The normalized spacial score (nSPS) is 13.2. The molecular formula is C15H29N5O. The Labute approximate surface area is 127 Å². The Hall–Kier alpha value is -1.40. The summed E-state index contributed by atoms with van der Waals surface area (Å²) >= 11 is 0. The molecule has 2 N–H and O–H groups in total. The molecule has 1 aromatic rings. The van der Waals surface area contributed by atoms with Crippen molar-refractivity contribution in [1.82, 2.24) is 25.3 Å². The zero-order chi connectivity index (χ0) is 16.0. The first kappa shape index (κ1) is 17.7. The van der Waals surface area contributed by atoms with Crippen LogP contribution < -0.4 is 10.6 Å². The van der Waals surface area contributed by atoms with Gasteiger partial charge in [-0.2, -0.15) is 5.10 Å². The number of rotatable bonds is 8. The van der Waals surface area contributed by atoms with Crippen molar-refractivity contribution in [3.63, 3.8) is 0 Å². The van der Waals surface area contributed by atoms with Crippen molar-refractivity contribution in [2.24, 2.45) is 7.05 Å². The first-order valence-corrected chi connectivity index (χ1v) is 7.56. The molecule has 0 aromatic carbocycles. The predicted octanol–water partition coefficient (Wildman–Crippen LogP) is 0.916. The van der Waals surface area contributed by atoms with Crippen molar-refractivity contribution >= 4 is 5.91 Å². The van der Waals surface area contributed by atoms with Gasteiger partial charge in [0.05, 0.1) is 6.20 Å². The van der Waals surface area contributed by atoms with Crippen LogP contribution in [0.25, 0.3) is 0 Å². The van der Waals surface area contributed by atoms with Crippen LogP contribution in [-0.4, -0.2) is 52.8 Å². The topological polar surface area (TPSA) is 62.2 Å². The fourth-order valence-corrected chi connectivity index (χ4v) is 2.56. The van der Waals surface area contributed by atoms with Gasteiger partial charge in [0.15, 0.2) is 0 Å². The van der Waals surface area contributed by atoms with Crippen LogP contribution in [0.2, 0.25) is 0 Å². The summed E-state index contributed by atoms with van der Waals surface area (Å²) in [6.45, 7) is 10.2. The largest absolute Gasteiger partial charge is 0.353 e. The smallest absolute Gasteiger partial charge is 0.241 e. The van der Waals surface area contributed by atoms with Crippen LogP contribution in [0, 0.1) is 0 Å². The van der Waals surface area contributed by atoms with Gasteiger partial charge in [-0.05, 0) is 34.7 Å². The molecule has 0 saturated carbocycles. The molecule has 1 amide bonds. The van der Waals surface area contributed by atoms with Crippen LogP contribution in [0.3, 0.4) is 0 Å². The number of aryl methyl sites for hydroxylation is 1. The maximum Gasteiger partial charge on any atom is 0.241 e. The summed E-state index contributed by atoms with van der Waals surface area (Å²) in [6, 6.07) is 0.589. The standard InChI is InChI=1S/C15H29N5O/c1-11(2)20(12(3)4)8-7-17-15(21)14(16-5)13-9-18-19(6)10-13/h9-12,14,16H,7-8H2,1-6H3,(H,17,21). The lowest BCUT2D eigenvalue weighted by Gasteiger charge is -2.30. The van der Waals surface area contributed by atoms with E-state index >= 15 is 0 Å². The third-order valence-corrected chi connectivity index (χ3v) is 3.60. The molecule has 0 bridgehead atoms. The molecule has 21 heavy (non-hydrogen) atoms. The zero-order valence-corrected chi connectivity index (χ0v) is 14.1. The summed E-state index contributed by atoms with van der Waals surface area (Å²) in [5.41, 5.74) is 0.877. The van der Waals surface area contributed by atoms with Crippen LogP contribution >= 0.6 is 0 Å². The Morgan fingerprint density at radius 2 is 1.95 bits per heavy atom. The van der Waals surface area contributed by atoms with E-state index in [0.717, 1.165) is 12.1 Å². The van der Waals surface area contributed by atoms with Crippen molar-refractivity contribution in [1.29, 1.82) is 0 Å². The van der Waals surface area contributed by atoms with E-state index in [1.54, 1.807) is 17.9 Å². The molecule has 6 nitrogen and oxygen atoms in total. The van der Waals surface area contributed by atoms with Gasteiger partial charge in [0.1, 0.15) is 6.04 Å².